The summed E-state index contributed by atoms with van der Waals surface area (Å²) in [6.07, 6.45) is 4.01. The predicted molar refractivity (Wildman–Crippen MR) is 102 cm³/mol. The van der Waals surface area contributed by atoms with Crippen LogP contribution in [0.1, 0.15) is 35.6 Å². The maximum absolute atomic E-state index is 13.6. The van der Waals surface area contributed by atoms with Gasteiger partial charge in [-0.25, -0.2) is 4.39 Å². The Morgan fingerprint density at radius 1 is 1.12 bits per heavy atom. The summed E-state index contributed by atoms with van der Waals surface area (Å²) in [5.41, 5.74) is 5.75. The molecular weight excluding hydrogens is 325 g/mol. The van der Waals surface area contributed by atoms with Gasteiger partial charge in [0.25, 0.3) is 0 Å². The molecule has 2 aromatic carbocycles. The van der Waals surface area contributed by atoms with E-state index in [0.717, 1.165) is 49.3 Å². The maximum Gasteiger partial charge on any atom is 0.123 e. The van der Waals surface area contributed by atoms with Gasteiger partial charge in [-0.15, -0.1) is 0 Å². The van der Waals surface area contributed by atoms with Gasteiger partial charge in [-0.1, -0.05) is 42.0 Å². The van der Waals surface area contributed by atoms with Crippen molar-refractivity contribution in [3.8, 4) is 11.1 Å². The van der Waals surface area contributed by atoms with E-state index in [2.05, 4.69) is 46.3 Å². The molecule has 1 N–H and O–H groups in total. The second kappa shape index (κ2) is 7.42. The fourth-order valence-electron chi connectivity index (χ4n) is 3.82. The van der Waals surface area contributed by atoms with Gasteiger partial charge in [-0.3, -0.25) is 10.00 Å². The average molecular weight is 349 g/mol. The van der Waals surface area contributed by atoms with E-state index in [0.29, 0.717) is 5.92 Å². The summed E-state index contributed by atoms with van der Waals surface area (Å²) in [6.45, 7) is 5.27. The van der Waals surface area contributed by atoms with Crippen LogP contribution in [0.15, 0.2) is 54.7 Å². The highest BCUT2D eigenvalue weighted by Gasteiger charge is 2.24. The topological polar surface area (TPSA) is 31.9 Å². The molecule has 0 aliphatic carbocycles. The lowest BCUT2D eigenvalue weighted by Gasteiger charge is -2.32. The third-order valence-corrected chi connectivity index (χ3v) is 5.33. The van der Waals surface area contributed by atoms with Crippen LogP contribution in [-0.4, -0.2) is 28.2 Å². The minimum atomic E-state index is -0.206. The van der Waals surface area contributed by atoms with Gasteiger partial charge in [0, 0.05) is 23.7 Å². The van der Waals surface area contributed by atoms with Crippen molar-refractivity contribution in [2.24, 2.45) is 0 Å². The second-order valence-electron chi connectivity index (χ2n) is 7.24. The van der Waals surface area contributed by atoms with Gasteiger partial charge in [0.15, 0.2) is 0 Å². The Bertz CT molecular complexity index is 861. The van der Waals surface area contributed by atoms with E-state index < -0.39 is 0 Å². The van der Waals surface area contributed by atoms with E-state index in [1.165, 1.54) is 17.2 Å². The molecule has 0 amide bonds. The van der Waals surface area contributed by atoms with Crippen LogP contribution in [0, 0.1) is 12.7 Å². The Morgan fingerprint density at radius 2 is 1.88 bits per heavy atom. The number of hydrogen-bond acceptors (Lipinski definition) is 2. The van der Waals surface area contributed by atoms with Crippen LogP contribution in [-0.2, 0) is 6.54 Å². The van der Waals surface area contributed by atoms with Gasteiger partial charge in [-0.05, 0) is 56.1 Å². The molecule has 1 saturated heterocycles. The molecule has 4 rings (SSSR count). The van der Waals surface area contributed by atoms with Crippen molar-refractivity contribution in [3.05, 3.63) is 77.4 Å². The molecule has 0 atom stereocenters. The molecule has 0 spiro atoms. The highest BCUT2D eigenvalue weighted by molar-refractivity contribution is 5.65. The Balaban J connectivity index is 1.42. The smallest absolute Gasteiger partial charge is 0.123 e. The molecule has 134 valence electrons. The minimum Gasteiger partial charge on any atom is -0.299 e. The lowest BCUT2D eigenvalue weighted by atomic mass is 9.89. The van der Waals surface area contributed by atoms with Crippen LogP contribution in [0.4, 0.5) is 4.39 Å². The fraction of sp³-hybridized carbons (Fsp3) is 0.318. The summed E-state index contributed by atoms with van der Waals surface area (Å²) in [5.74, 6) is 0.243. The fourth-order valence-corrected chi connectivity index (χ4v) is 3.82. The number of H-pyrrole nitrogens is 1. The third-order valence-electron chi connectivity index (χ3n) is 5.33. The van der Waals surface area contributed by atoms with E-state index in [4.69, 9.17) is 0 Å². The van der Waals surface area contributed by atoms with Crippen molar-refractivity contribution in [3.63, 3.8) is 0 Å². The summed E-state index contributed by atoms with van der Waals surface area (Å²) < 4.78 is 13.6. The Hall–Kier alpha value is -2.46. The van der Waals surface area contributed by atoms with Crippen molar-refractivity contribution in [2.45, 2.75) is 32.2 Å². The number of rotatable bonds is 4. The first kappa shape index (κ1) is 17.0. The molecule has 1 aliphatic rings. The zero-order valence-corrected chi connectivity index (χ0v) is 15.1. The van der Waals surface area contributed by atoms with Gasteiger partial charge in [0.2, 0.25) is 0 Å². The summed E-state index contributed by atoms with van der Waals surface area (Å²) in [4.78, 5) is 2.51. The highest BCUT2D eigenvalue weighted by atomic mass is 19.1. The number of halogens is 1. The molecule has 0 bridgehead atoms. The Labute approximate surface area is 153 Å². The summed E-state index contributed by atoms with van der Waals surface area (Å²) in [7, 11) is 0. The van der Waals surface area contributed by atoms with E-state index in [1.54, 1.807) is 12.1 Å². The number of aromatic amines is 1. The molecule has 1 fully saturated rings. The van der Waals surface area contributed by atoms with Crippen LogP contribution in [0.3, 0.4) is 0 Å². The van der Waals surface area contributed by atoms with Gasteiger partial charge in [0.05, 0.1) is 6.20 Å². The lowest BCUT2D eigenvalue weighted by molar-refractivity contribution is 0.203. The first-order valence-electron chi connectivity index (χ1n) is 9.26. The number of piperidine rings is 1. The lowest BCUT2D eigenvalue weighted by Crippen LogP contribution is -2.32. The summed E-state index contributed by atoms with van der Waals surface area (Å²) >= 11 is 0. The molecule has 3 aromatic rings. The van der Waals surface area contributed by atoms with Gasteiger partial charge < -0.3 is 0 Å². The molecule has 3 nitrogen and oxygen atoms in total. The van der Waals surface area contributed by atoms with E-state index in [1.807, 2.05) is 12.3 Å². The standard InChI is InChI=1S/C22H24FN3/c1-16-5-7-17(8-6-16)15-26-11-9-18(10-12-26)22-21(14-24-25-22)19-3-2-4-20(23)13-19/h2-8,13-14,18H,9-12,15H2,1H3,(H,24,25). The molecule has 4 heteroatoms. The first-order valence-corrected chi connectivity index (χ1v) is 9.26. The molecule has 0 unspecified atom stereocenters. The van der Waals surface area contributed by atoms with Crippen LogP contribution < -0.4 is 0 Å². The Kier molecular flexibility index (Phi) is 4.85. The number of nitrogens with zero attached hydrogens (tertiary/aromatic N) is 2. The van der Waals surface area contributed by atoms with Gasteiger partial charge >= 0.3 is 0 Å². The minimum absolute atomic E-state index is 0.206. The number of hydrogen-bond donors (Lipinski definition) is 1. The SMILES string of the molecule is Cc1ccc(CN2CCC(c3[nH]ncc3-c3cccc(F)c3)CC2)cc1. The zero-order valence-electron chi connectivity index (χ0n) is 15.1. The van der Waals surface area contributed by atoms with E-state index >= 15 is 0 Å². The molecule has 2 heterocycles. The number of nitrogens with one attached hydrogen (secondary N) is 1. The molecule has 1 aromatic heterocycles. The van der Waals surface area contributed by atoms with Crippen LogP contribution >= 0.6 is 0 Å². The first-order chi connectivity index (χ1) is 12.7. The third kappa shape index (κ3) is 3.70. The van der Waals surface area contributed by atoms with Crippen molar-refractivity contribution in [1.29, 1.82) is 0 Å². The molecule has 0 saturated carbocycles. The van der Waals surface area contributed by atoms with E-state index in [-0.39, 0.29) is 5.82 Å². The van der Waals surface area contributed by atoms with E-state index in [9.17, 15) is 4.39 Å². The second-order valence-corrected chi connectivity index (χ2v) is 7.24. The Morgan fingerprint density at radius 3 is 2.62 bits per heavy atom. The van der Waals surface area contributed by atoms with Crippen molar-refractivity contribution in [2.75, 3.05) is 13.1 Å². The van der Waals surface area contributed by atoms with Crippen molar-refractivity contribution < 1.29 is 4.39 Å². The van der Waals surface area contributed by atoms with Crippen LogP contribution in [0.5, 0.6) is 0 Å². The largest absolute Gasteiger partial charge is 0.299 e. The zero-order chi connectivity index (χ0) is 17.9. The maximum atomic E-state index is 13.6. The summed E-state index contributed by atoms with van der Waals surface area (Å²) in [6, 6.07) is 15.6. The normalized spacial score (nSPS) is 16.1. The molecule has 1 aliphatic heterocycles. The highest BCUT2D eigenvalue weighted by Crippen LogP contribution is 2.34. The van der Waals surface area contributed by atoms with Gasteiger partial charge in [0.1, 0.15) is 5.82 Å². The molecule has 0 radical (unpaired) electrons. The number of aromatic nitrogens is 2. The average Bonchev–Trinajstić information content (AvgIpc) is 3.14. The number of likely N-dealkylation sites (tertiary alicyclic amines) is 1. The van der Waals surface area contributed by atoms with Crippen LogP contribution in [0.2, 0.25) is 0 Å². The van der Waals surface area contributed by atoms with Gasteiger partial charge in [-0.2, -0.15) is 5.10 Å². The predicted octanol–water partition coefficient (Wildman–Crippen LogP) is 4.90. The quantitative estimate of drug-likeness (QED) is 0.726. The monoisotopic (exact) mass is 349 g/mol. The van der Waals surface area contributed by atoms with Crippen molar-refractivity contribution in [1.82, 2.24) is 15.1 Å². The molecule has 26 heavy (non-hydrogen) atoms. The number of benzene rings is 2. The summed E-state index contributed by atoms with van der Waals surface area (Å²) in [5, 5.41) is 7.41. The molecular formula is C22H24FN3. The van der Waals surface area contributed by atoms with Crippen molar-refractivity contribution >= 4 is 0 Å². The number of aryl methyl sites for hydroxylation is 1. The van der Waals surface area contributed by atoms with Crippen LogP contribution in [0.25, 0.3) is 11.1 Å².